The molecule has 98 valence electrons. The Morgan fingerprint density at radius 1 is 1.56 bits per heavy atom. The van der Waals surface area contributed by atoms with E-state index >= 15 is 0 Å². The number of nitrogens with zero attached hydrogens (tertiary/aromatic N) is 2. The predicted octanol–water partition coefficient (Wildman–Crippen LogP) is 2.01. The molecule has 1 aromatic rings. The first-order chi connectivity index (χ1) is 8.79. The Balaban J connectivity index is 1.80. The van der Waals surface area contributed by atoms with Crippen molar-refractivity contribution in [3.8, 4) is 5.75 Å². The number of fused-ring (bicyclic) bond motifs is 3. The topological polar surface area (TPSA) is 34.6 Å². The van der Waals surface area contributed by atoms with Gasteiger partial charge in [-0.25, -0.2) is 4.98 Å². The summed E-state index contributed by atoms with van der Waals surface area (Å²) < 4.78 is 11.4. The first-order valence-electron chi connectivity index (χ1n) is 6.72. The molecule has 1 fully saturated rings. The highest BCUT2D eigenvalue weighted by Crippen LogP contribution is 2.39. The lowest BCUT2D eigenvalue weighted by molar-refractivity contribution is 0.115. The number of hydrogen-bond donors (Lipinski definition) is 0. The van der Waals surface area contributed by atoms with Gasteiger partial charge in [-0.3, -0.25) is 0 Å². The molecular formula is C14H20N2O2. The summed E-state index contributed by atoms with van der Waals surface area (Å²) in [7, 11) is 0. The first kappa shape index (κ1) is 11.8. The molecule has 4 nitrogen and oxygen atoms in total. The summed E-state index contributed by atoms with van der Waals surface area (Å²) in [4.78, 5) is 6.90. The molecule has 4 heteroatoms. The smallest absolute Gasteiger partial charge is 0.172 e. The van der Waals surface area contributed by atoms with E-state index in [1.54, 1.807) is 0 Å². The molecular weight excluding hydrogens is 228 g/mol. The molecule has 0 aromatic carbocycles. The lowest BCUT2D eigenvalue weighted by Gasteiger charge is -2.32. The van der Waals surface area contributed by atoms with Crippen LogP contribution in [0.4, 0.5) is 5.82 Å². The number of anilines is 1. The second-order valence-corrected chi connectivity index (χ2v) is 5.16. The highest BCUT2D eigenvalue weighted by molar-refractivity contribution is 5.59. The van der Waals surface area contributed by atoms with Gasteiger partial charge < -0.3 is 14.4 Å². The van der Waals surface area contributed by atoms with Crippen LogP contribution in [0.5, 0.6) is 5.75 Å². The SMILES string of the molecule is CCOCC1C[C@@H]2COc3c(C)ccnc3N2C1. The Morgan fingerprint density at radius 3 is 3.28 bits per heavy atom. The van der Waals surface area contributed by atoms with Gasteiger partial charge in [-0.1, -0.05) is 0 Å². The summed E-state index contributed by atoms with van der Waals surface area (Å²) >= 11 is 0. The minimum atomic E-state index is 0.470. The predicted molar refractivity (Wildman–Crippen MR) is 70.2 cm³/mol. The molecule has 1 unspecified atom stereocenters. The van der Waals surface area contributed by atoms with Crippen LogP contribution >= 0.6 is 0 Å². The number of rotatable bonds is 3. The van der Waals surface area contributed by atoms with Crippen LogP contribution in [-0.4, -0.2) is 37.4 Å². The maximum atomic E-state index is 5.88. The molecule has 2 atom stereocenters. The van der Waals surface area contributed by atoms with E-state index in [1.165, 1.54) is 5.56 Å². The molecule has 1 saturated heterocycles. The Bertz CT molecular complexity index is 436. The summed E-state index contributed by atoms with van der Waals surface area (Å²) in [5, 5.41) is 0. The van der Waals surface area contributed by atoms with Crippen molar-refractivity contribution >= 4 is 5.82 Å². The van der Waals surface area contributed by atoms with E-state index in [9.17, 15) is 0 Å². The van der Waals surface area contributed by atoms with Crippen molar-refractivity contribution in [2.45, 2.75) is 26.3 Å². The summed E-state index contributed by atoms with van der Waals surface area (Å²) in [6.07, 6.45) is 3.02. The van der Waals surface area contributed by atoms with Gasteiger partial charge in [0.15, 0.2) is 11.6 Å². The zero-order chi connectivity index (χ0) is 12.5. The van der Waals surface area contributed by atoms with Crippen LogP contribution < -0.4 is 9.64 Å². The van der Waals surface area contributed by atoms with E-state index < -0.39 is 0 Å². The molecule has 1 aromatic heterocycles. The van der Waals surface area contributed by atoms with Crippen molar-refractivity contribution in [3.63, 3.8) is 0 Å². The Labute approximate surface area is 108 Å². The van der Waals surface area contributed by atoms with Crippen LogP contribution in [0.1, 0.15) is 18.9 Å². The number of aromatic nitrogens is 1. The molecule has 0 radical (unpaired) electrons. The van der Waals surface area contributed by atoms with Gasteiger partial charge in [-0.2, -0.15) is 0 Å². The van der Waals surface area contributed by atoms with E-state index in [0.717, 1.165) is 44.4 Å². The van der Waals surface area contributed by atoms with E-state index in [2.05, 4.69) is 16.8 Å². The molecule has 0 saturated carbocycles. The van der Waals surface area contributed by atoms with E-state index in [1.807, 2.05) is 19.2 Å². The largest absolute Gasteiger partial charge is 0.487 e. The summed E-state index contributed by atoms with van der Waals surface area (Å²) in [5.74, 6) is 2.59. The lowest BCUT2D eigenvalue weighted by Crippen LogP contribution is -2.39. The first-order valence-corrected chi connectivity index (χ1v) is 6.72. The Morgan fingerprint density at radius 2 is 2.44 bits per heavy atom. The second kappa shape index (κ2) is 4.76. The van der Waals surface area contributed by atoms with Crippen molar-refractivity contribution < 1.29 is 9.47 Å². The number of aryl methyl sites for hydroxylation is 1. The molecule has 0 N–H and O–H groups in total. The quantitative estimate of drug-likeness (QED) is 0.819. The fourth-order valence-corrected chi connectivity index (χ4v) is 2.93. The number of ether oxygens (including phenoxy) is 2. The summed E-state index contributed by atoms with van der Waals surface area (Å²) in [6, 6.07) is 2.48. The van der Waals surface area contributed by atoms with Gasteiger partial charge in [0.1, 0.15) is 6.61 Å². The molecule has 3 heterocycles. The molecule has 0 bridgehead atoms. The maximum absolute atomic E-state index is 5.88. The minimum absolute atomic E-state index is 0.470. The zero-order valence-corrected chi connectivity index (χ0v) is 11.1. The van der Waals surface area contributed by atoms with Gasteiger partial charge in [0.2, 0.25) is 0 Å². The fraction of sp³-hybridized carbons (Fsp3) is 0.643. The highest BCUT2D eigenvalue weighted by Gasteiger charge is 2.38. The van der Waals surface area contributed by atoms with Crippen molar-refractivity contribution in [1.82, 2.24) is 4.98 Å². The highest BCUT2D eigenvalue weighted by atomic mass is 16.5. The third-order valence-electron chi connectivity index (χ3n) is 3.83. The van der Waals surface area contributed by atoms with Gasteiger partial charge in [-0.15, -0.1) is 0 Å². The monoisotopic (exact) mass is 248 g/mol. The van der Waals surface area contributed by atoms with Gasteiger partial charge in [-0.05, 0) is 31.9 Å². The molecule has 3 rings (SSSR count). The van der Waals surface area contributed by atoms with Crippen molar-refractivity contribution in [2.75, 3.05) is 31.3 Å². The standard InChI is InChI=1S/C14H20N2O2/c1-3-17-8-11-6-12-9-18-13-10(2)4-5-15-14(13)16(12)7-11/h4-5,11-12H,3,6-9H2,1-2H3/t11?,12-/m1/s1. The normalized spacial score (nSPS) is 25.6. The van der Waals surface area contributed by atoms with Crippen molar-refractivity contribution in [3.05, 3.63) is 17.8 Å². The lowest BCUT2D eigenvalue weighted by atomic mass is 10.1. The minimum Gasteiger partial charge on any atom is -0.487 e. The molecule has 18 heavy (non-hydrogen) atoms. The van der Waals surface area contributed by atoms with Gasteiger partial charge in [0, 0.05) is 25.3 Å². The molecule has 2 aliphatic heterocycles. The maximum Gasteiger partial charge on any atom is 0.172 e. The third-order valence-corrected chi connectivity index (χ3v) is 3.83. The van der Waals surface area contributed by atoms with Gasteiger partial charge in [0.05, 0.1) is 12.6 Å². The fourth-order valence-electron chi connectivity index (χ4n) is 2.93. The third kappa shape index (κ3) is 1.94. The van der Waals surface area contributed by atoms with Crippen LogP contribution in [-0.2, 0) is 4.74 Å². The van der Waals surface area contributed by atoms with Gasteiger partial charge in [0.25, 0.3) is 0 Å². The van der Waals surface area contributed by atoms with Crippen LogP contribution in [0.3, 0.4) is 0 Å². The second-order valence-electron chi connectivity index (χ2n) is 5.16. The van der Waals surface area contributed by atoms with Crippen LogP contribution in [0, 0.1) is 12.8 Å². The molecule has 0 spiro atoms. The van der Waals surface area contributed by atoms with E-state index in [4.69, 9.17) is 9.47 Å². The van der Waals surface area contributed by atoms with Crippen molar-refractivity contribution in [1.29, 1.82) is 0 Å². The van der Waals surface area contributed by atoms with Gasteiger partial charge >= 0.3 is 0 Å². The van der Waals surface area contributed by atoms with Crippen LogP contribution in [0.25, 0.3) is 0 Å². The molecule has 0 amide bonds. The summed E-state index contributed by atoms with van der Waals surface area (Å²) in [6.45, 7) is 7.59. The average Bonchev–Trinajstić information content (AvgIpc) is 2.80. The van der Waals surface area contributed by atoms with Crippen LogP contribution in [0.2, 0.25) is 0 Å². The zero-order valence-electron chi connectivity index (χ0n) is 11.1. The summed E-state index contributed by atoms with van der Waals surface area (Å²) in [5.41, 5.74) is 1.17. The molecule has 2 aliphatic rings. The van der Waals surface area contributed by atoms with Crippen molar-refractivity contribution in [2.24, 2.45) is 5.92 Å². The average molecular weight is 248 g/mol. The number of hydrogen-bond acceptors (Lipinski definition) is 4. The van der Waals surface area contributed by atoms with Crippen LogP contribution in [0.15, 0.2) is 12.3 Å². The Hall–Kier alpha value is -1.29. The number of pyridine rings is 1. The van der Waals surface area contributed by atoms with E-state index in [-0.39, 0.29) is 0 Å². The molecule has 0 aliphatic carbocycles. The Kier molecular flexibility index (Phi) is 3.12. The van der Waals surface area contributed by atoms with E-state index in [0.29, 0.717) is 12.0 Å².